The van der Waals surface area contributed by atoms with E-state index in [1.54, 1.807) is 6.07 Å². The summed E-state index contributed by atoms with van der Waals surface area (Å²) in [4.78, 5) is 25.4. The van der Waals surface area contributed by atoms with Crippen LogP contribution in [-0.2, 0) is 4.79 Å². The number of aryl methyl sites for hydroxylation is 1. The largest absolute Gasteiger partial charge is 0.366 e. The van der Waals surface area contributed by atoms with Gasteiger partial charge in [0, 0.05) is 37.6 Å². The van der Waals surface area contributed by atoms with Gasteiger partial charge in [0.15, 0.2) is 0 Å². The molecule has 0 aliphatic carbocycles. The van der Waals surface area contributed by atoms with Crippen molar-refractivity contribution < 1.29 is 9.72 Å². The number of rotatable bonds is 5. The van der Waals surface area contributed by atoms with Crippen molar-refractivity contribution in [2.45, 2.75) is 33.1 Å². The number of piperidine rings is 1. The van der Waals surface area contributed by atoms with Gasteiger partial charge in [-0.2, -0.15) is 5.26 Å². The first-order valence-electron chi connectivity index (χ1n) is 9.94. The second-order valence-corrected chi connectivity index (χ2v) is 7.39. The Kier molecular flexibility index (Phi) is 6.21. The predicted molar refractivity (Wildman–Crippen MR) is 116 cm³/mol. The summed E-state index contributed by atoms with van der Waals surface area (Å²) in [5.41, 5.74) is 3.78. The highest BCUT2D eigenvalue weighted by Crippen LogP contribution is 2.34. The average Bonchev–Trinajstić information content (AvgIpc) is 3.04. The van der Waals surface area contributed by atoms with Crippen molar-refractivity contribution in [3.8, 4) is 11.8 Å². The molecule has 1 amide bonds. The van der Waals surface area contributed by atoms with E-state index in [1.807, 2.05) is 42.7 Å². The Balaban J connectivity index is 2.06. The maximum absolute atomic E-state index is 11.8. The van der Waals surface area contributed by atoms with Gasteiger partial charge in [0.2, 0.25) is 0 Å². The smallest absolute Gasteiger partial charge is 0.294 e. The number of carbonyl (C=O) groups is 1. The van der Waals surface area contributed by atoms with Crippen LogP contribution in [-0.4, -0.2) is 35.5 Å². The summed E-state index contributed by atoms with van der Waals surface area (Å²) in [5, 5.41) is 23.5. The lowest BCUT2D eigenvalue weighted by Crippen LogP contribution is -2.30. The van der Waals surface area contributed by atoms with Gasteiger partial charge >= 0.3 is 0 Å². The SMILES string of the molecule is CNC(=O)C(C#N)=Cc1cc(C)n(-c2ccc(N3CCCCC3)c([N+](=O)[O-])c2)c1C. The number of amides is 1. The van der Waals surface area contributed by atoms with E-state index in [0.29, 0.717) is 11.4 Å². The first-order chi connectivity index (χ1) is 14.4. The molecule has 1 saturated heterocycles. The molecule has 156 valence electrons. The van der Waals surface area contributed by atoms with Gasteiger partial charge in [-0.05, 0) is 62.9 Å². The van der Waals surface area contributed by atoms with E-state index in [1.165, 1.54) is 13.1 Å². The number of nitriles is 1. The molecule has 30 heavy (non-hydrogen) atoms. The number of nitro benzene ring substituents is 1. The van der Waals surface area contributed by atoms with Crippen molar-refractivity contribution in [2.24, 2.45) is 0 Å². The molecular formula is C22H25N5O3. The Hall–Kier alpha value is -3.60. The zero-order valence-electron chi connectivity index (χ0n) is 17.4. The third kappa shape index (κ3) is 4.06. The normalized spacial score (nSPS) is 14.3. The number of nitro groups is 1. The van der Waals surface area contributed by atoms with E-state index in [9.17, 15) is 20.2 Å². The van der Waals surface area contributed by atoms with E-state index in [-0.39, 0.29) is 16.2 Å². The zero-order chi connectivity index (χ0) is 21.8. The Labute approximate surface area is 175 Å². The number of anilines is 1. The highest BCUT2D eigenvalue weighted by Gasteiger charge is 2.23. The molecule has 0 atom stereocenters. The molecular weight excluding hydrogens is 382 g/mol. The molecule has 8 heteroatoms. The summed E-state index contributed by atoms with van der Waals surface area (Å²) >= 11 is 0. The lowest BCUT2D eigenvalue weighted by molar-refractivity contribution is -0.384. The van der Waals surface area contributed by atoms with Crippen LogP contribution in [0.15, 0.2) is 29.8 Å². The number of carbonyl (C=O) groups excluding carboxylic acids is 1. The fraction of sp³-hybridized carbons (Fsp3) is 0.364. The summed E-state index contributed by atoms with van der Waals surface area (Å²) in [6.07, 6.45) is 4.77. The molecule has 0 saturated carbocycles. The highest BCUT2D eigenvalue weighted by molar-refractivity contribution is 6.01. The van der Waals surface area contributed by atoms with E-state index in [0.717, 1.165) is 49.3 Å². The van der Waals surface area contributed by atoms with Crippen LogP contribution in [0.2, 0.25) is 0 Å². The first kappa shape index (κ1) is 21.1. The number of nitrogens with zero attached hydrogens (tertiary/aromatic N) is 4. The molecule has 1 fully saturated rings. The fourth-order valence-electron chi connectivity index (χ4n) is 3.97. The van der Waals surface area contributed by atoms with Crippen LogP contribution in [0, 0.1) is 35.3 Å². The third-order valence-corrected chi connectivity index (χ3v) is 5.47. The fourth-order valence-corrected chi connectivity index (χ4v) is 3.97. The number of hydrogen-bond donors (Lipinski definition) is 1. The molecule has 2 aromatic rings. The van der Waals surface area contributed by atoms with E-state index < -0.39 is 5.91 Å². The summed E-state index contributed by atoms with van der Waals surface area (Å²) in [6.45, 7) is 5.41. The number of benzene rings is 1. The van der Waals surface area contributed by atoms with E-state index in [2.05, 4.69) is 10.2 Å². The molecule has 0 radical (unpaired) electrons. The number of likely N-dealkylation sites (N-methyl/N-ethyl adjacent to an activating group) is 1. The Morgan fingerprint density at radius 1 is 1.23 bits per heavy atom. The van der Waals surface area contributed by atoms with Gasteiger partial charge in [-0.3, -0.25) is 14.9 Å². The quantitative estimate of drug-likeness (QED) is 0.353. The number of hydrogen-bond acceptors (Lipinski definition) is 5. The summed E-state index contributed by atoms with van der Waals surface area (Å²) < 4.78 is 1.90. The van der Waals surface area contributed by atoms with Crippen LogP contribution in [0.5, 0.6) is 0 Å². The second-order valence-electron chi connectivity index (χ2n) is 7.39. The number of aromatic nitrogens is 1. The first-order valence-corrected chi connectivity index (χ1v) is 9.94. The van der Waals surface area contributed by atoms with Gasteiger partial charge in [0.05, 0.1) is 10.6 Å². The standard InChI is InChI=1S/C22H25N5O3/c1-15-11-17(12-18(14-23)22(28)24-3)16(2)26(15)19-7-8-20(21(13-19)27(29)30)25-9-5-4-6-10-25/h7-8,11-13H,4-6,9-10H2,1-3H3,(H,24,28). The van der Waals surface area contributed by atoms with Crippen LogP contribution in [0.1, 0.15) is 36.2 Å². The minimum Gasteiger partial charge on any atom is -0.366 e. The van der Waals surface area contributed by atoms with Gasteiger partial charge in [-0.1, -0.05) is 0 Å². The van der Waals surface area contributed by atoms with Crippen LogP contribution >= 0.6 is 0 Å². The molecule has 0 unspecified atom stereocenters. The molecule has 2 heterocycles. The Bertz CT molecular complexity index is 1060. The summed E-state index contributed by atoms with van der Waals surface area (Å²) in [7, 11) is 1.47. The van der Waals surface area contributed by atoms with Crippen LogP contribution in [0.3, 0.4) is 0 Å². The lowest BCUT2D eigenvalue weighted by Gasteiger charge is -2.28. The van der Waals surface area contributed by atoms with Crippen molar-refractivity contribution >= 4 is 23.4 Å². The summed E-state index contributed by atoms with van der Waals surface area (Å²) in [5.74, 6) is -0.455. The lowest BCUT2D eigenvalue weighted by atomic mass is 10.1. The molecule has 1 aliphatic heterocycles. The molecule has 3 rings (SSSR count). The predicted octanol–water partition coefficient (Wildman–Crippen LogP) is 3.65. The van der Waals surface area contributed by atoms with Crippen molar-refractivity contribution in [3.05, 3.63) is 56.9 Å². The topological polar surface area (TPSA) is 104 Å². The monoisotopic (exact) mass is 407 g/mol. The Morgan fingerprint density at radius 3 is 2.53 bits per heavy atom. The molecule has 1 aromatic heterocycles. The summed E-state index contributed by atoms with van der Waals surface area (Å²) in [6, 6.07) is 9.07. The van der Waals surface area contributed by atoms with Gasteiger partial charge in [-0.25, -0.2) is 0 Å². The maximum Gasteiger partial charge on any atom is 0.294 e. The van der Waals surface area contributed by atoms with Crippen molar-refractivity contribution in [1.82, 2.24) is 9.88 Å². The molecule has 0 bridgehead atoms. The van der Waals surface area contributed by atoms with Crippen molar-refractivity contribution in [1.29, 1.82) is 5.26 Å². The second kappa shape index (κ2) is 8.82. The third-order valence-electron chi connectivity index (χ3n) is 5.47. The molecule has 1 N–H and O–H groups in total. The average molecular weight is 407 g/mol. The van der Waals surface area contributed by atoms with Crippen LogP contribution < -0.4 is 10.2 Å². The molecule has 1 aliphatic rings. The minimum absolute atomic E-state index is 0.00387. The van der Waals surface area contributed by atoms with Gasteiger partial charge in [0.25, 0.3) is 11.6 Å². The van der Waals surface area contributed by atoms with Gasteiger partial charge < -0.3 is 14.8 Å². The van der Waals surface area contributed by atoms with Crippen molar-refractivity contribution in [2.75, 3.05) is 25.0 Å². The highest BCUT2D eigenvalue weighted by atomic mass is 16.6. The minimum atomic E-state index is -0.455. The maximum atomic E-state index is 11.8. The number of nitrogens with one attached hydrogen (secondary N) is 1. The van der Waals surface area contributed by atoms with Gasteiger partial charge in [-0.15, -0.1) is 0 Å². The Morgan fingerprint density at radius 2 is 1.93 bits per heavy atom. The zero-order valence-corrected chi connectivity index (χ0v) is 17.4. The molecule has 8 nitrogen and oxygen atoms in total. The van der Waals surface area contributed by atoms with E-state index >= 15 is 0 Å². The molecule has 0 spiro atoms. The molecule has 1 aromatic carbocycles. The van der Waals surface area contributed by atoms with Gasteiger partial charge in [0.1, 0.15) is 17.3 Å². The van der Waals surface area contributed by atoms with Crippen LogP contribution in [0.4, 0.5) is 11.4 Å². The van der Waals surface area contributed by atoms with E-state index in [4.69, 9.17) is 0 Å². The van der Waals surface area contributed by atoms with Crippen molar-refractivity contribution in [3.63, 3.8) is 0 Å². The van der Waals surface area contributed by atoms with Crippen LogP contribution in [0.25, 0.3) is 11.8 Å².